The van der Waals surface area contributed by atoms with Crippen molar-refractivity contribution in [2.24, 2.45) is 0 Å². The highest BCUT2D eigenvalue weighted by atomic mass is 32.1. The lowest BCUT2D eigenvalue weighted by molar-refractivity contribution is -0.384. The molecule has 30 heavy (non-hydrogen) atoms. The molecule has 3 aromatic rings. The Labute approximate surface area is 172 Å². The third kappa shape index (κ3) is 3.96. The minimum Gasteiger partial charge on any atom is -0.482 e. The van der Waals surface area contributed by atoms with Crippen molar-refractivity contribution in [2.45, 2.75) is 0 Å². The first-order chi connectivity index (χ1) is 14.4. The van der Waals surface area contributed by atoms with E-state index in [9.17, 15) is 24.1 Å². The molecule has 0 spiro atoms. The Balaban J connectivity index is 1.50. The van der Waals surface area contributed by atoms with Crippen LogP contribution in [0.4, 0.5) is 20.9 Å². The van der Waals surface area contributed by atoms with Crippen LogP contribution in [0.5, 0.6) is 5.75 Å². The van der Waals surface area contributed by atoms with Crippen molar-refractivity contribution in [2.75, 3.05) is 23.4 Å². The number of nitrogens with zero attached hydrogens (tertiary/aromatic N) is 3. The molecule has 2 heterocycles. The van der Waals surface area contributed by atoms with Crippen molar-refractivity contribution in [1.29, 1.82) is 0 Å². The van der Waals surface area contributed by atoms with Crippen LogP contribution in [0.1, 0.15) is 0 Å². The normalized spacial score (nSPS) is 12.8. The van der Waals surface area contributed by atoms with Gasteiger partial charge in [-0.3, -0.25) is 24.6 Å². The Kier molecular flexibility index (Phi) is 5.11. The number of ether oxygens (including phenoxy) is 1. The molecule has 0 fully saturated rings. The number of carbonyl (C=O) groups is 2. The molecule has 0 unspecified atom stereocenters. The first-order valence-electron chi connectivity index (χ1n) is 8.63. The molecule has 1 aliphatic heterocycles. The first-order valence-corrected chi connectivity index (χ1v) is 9.51. The largest absolute Gasteiger partial charge is 0.482 e. The maximum Gasteiger partial charge on any atom is 0.271 e. The molecule has 4 rings (SSSR count). The molecule has 1 N–H and O–H groups in total. The van der Waals surface area contributed by atoms with Crippen molar-refractivity contribution in [3.8, 4) is 17.0 Å². The molecule has 0 bridgehead atoms. The van der Waals surface area contributed by atoms with Crippen LogP contribution < -0.4 is 15.0 Å². The van der Waals surface area contributed by atoms with Gasteiger partial charge in [0, 0.05) is 23.1 Å². The summed E-state index contributed by atoms with van der Waals surface area (Å²) in [6.45, 7) is -0.649. The maximum atomic E-state index is 13.4. The van der Waals surface area contributed by atoms with Crippen LogP contribution in [0, 0.1) is 15.9 Å². The fourth-order valence-electron chi connectivity index (χ4n) is 2.89. The number of thiazole rings is 1. The van der Waals surface area contributed by atoms with E-state index >= 15 is 0 Å². The van der Waals surface area contributed by atoms with Crippen LogP contribution in [-0.4, -0.2) is 34.9 Å². The molecule has 0 atom stereocenters. The van der Waals surface area contributed by atoms with Gasteiger partial charge in [0.25, 0.3) is 11.6 Å². The Hall–Kier alpha value is -3.86. The van der Waals surface area contributed by atoms with Crippen molar-refractivity contribution in [1.82, 2.24) is 4.98 Å². The van der Waals surface area contributed by atoms with E-state index in [0.717, 1.165) is 16.2 Å². The Morgan fingerprint density at radius 3 is 2.93 bits per heavy atom. The number of non-ortho nitro benzene ring substituents is 1. The summed E-state index contributed by atoms with van der Waals surface area (Å²) in [6, 6.07) is 9.73. The highest BCUT2D eigenvalue weighted by molar-refractivity contribution is 7.14. The first kappa shape index (κ1) is 19.5. The smallest absolute Gasteiger partial charge is 0.271 e. The minimum atomic E-state index is -0.596. The summed E-state index contributed by atoms with van der Waals surface area (Å²) in [4.78, 5) is 40.6. The summed E-state index contributed by atoms with van der Waals surface area (Å²) in [5.74, 6) is -1.17. The molecule has 1 aliphatic rings. The van der Waals surface area contributed by atoms with E-state index in [1.807, 2.05) is 0 Å². The number of fused-ring (bicyclic) bond motifs is 1. The van der Waals surface area contributed by atoms with Crippen LogP contribution in [0.25, 0.3) is 11.3 Å². The van der Waals surface area contributed by atoms with Gasteiger partial charge >= 0.3 is 0 Å². The van der Waals surface area contributed by atoms with Gasteiger partial charge < -0.3 is 10.1 Å². The van der Waals surface area contributed by atoms with E-state index in [4.69, 9.17) is 4.74 Å². The lowest BCUT2D eigenvalue weighted by Gasteiger charge is -2.28. The molecule has 0 saturated heterocycles. The summed E-state index contributed by atoms with van der Waals surface area (Å²) in [5.41, 5.74) is 0.988. The second-order valence-corrected chi connectivity index (χ2v) is 7.13. The zero-order valence-corrected chi connectivity index (χ0v) is 16.0. The van der Waals surface area contributed by atoms with E-state index in [2.05, 4.69) is 10.3 Å². The lowest BCUT2D eigenvalue weighted by atomic mass is 10.2. The third-order valence-corrected chi connectivity index (χ3v) is 5.03. The summed E-state index contributed by atoms with van der Waals surface area (Å²) >= 11 is 1.15. The van der Waals surface area contributed by atoms with Gasteiger partial charge in [-0.05, 0) is 18.2 Å². The molecule has 11 heteroatoms. The van der Waals surface area contributed by atoms with Crippen molar-refractivity contribution in [3.05, 3.63) is 63.8 Å². The van der Waals surface area contributed by atoms with Crippen molar-refractivity contribution < 1.29 is 23.6 Å². The van der Waals surface area contributed by atoms with Gasteiger partial charge in [0.05, 0.1) is 16.3 Å². The number of nitrogens with one attached hydrogen (secondary N) is 1. The maximum absolute atomic E-state index is 13.4. The molecule has 2 amide bonds. The molecule has 1 aromatic heterocycles. The Morgan fingerprint density at radius 2 is 2.17 bits per heavy atom. The van der Waals surface area contributed by atoms with Crippen LogP contribution in [0.15, 0.2) is 47.8 Å². The standard InChI is InChI=1S/C19H13FN4O5S/c20-12-3-1-2-11(6-12)14-10-30-19(21-14)22-17(25)8-23-15-7-13(24(27)28)4-5-16(15)29-9-18(23)26/h1-7,10H,8-9H2,(H,21,22,25). The average molecular weight is 428 g/mol. The number of hydrogen-bond donors (Lipinski definition) is 1. The fraction of sp³-hybridized carbons (Fsp3) is 0.105. The molecule has 152 valence electrons. The number of aromatic nitrogens is 1. The van der Waals surface area contributed by atoms with Crippen molar-refractivity contribution >= 4 is 39.7 Å². The highest BCUT2D eigenvalue weighted by Gasteiger charge is 2.29. The monoisotopic (exact) mass is 428 g/mol. The number of amides is 2. The number of rotatable bonds is 5. The summed E-state index contributed by atoms with van der Waals surface area (Å²) in [5, 5.41) is 15.6. The second kappa shape index (κ2) is 7.87. The number of carbonyl (C=O) groups excluding carboxylic acids is 2. The van der Waals surface area contributed by atoms with E-state index in [1.54, 1.807) is 17.5 Å². The van der Waals surface area contributed by atoms with E-state index in [1.165, 1.54) is 30.3 Å². The molecule has 2 aromatic carbocycles. The van der Waals surface area contributed by atoms with Gasteiger partial charge in [0.15, 0.2) is 11.7 Å². The van der Waals surface area contributed by atoms with E-state index in [0.29, 0.717) is 11.3 Å². The molecule has 0 saturated carbocycles. The summed E-state index contributed by atoms with van der Waals surface area (Å²) in [7, 11) is 0. The van der Waals surface area contributed by atoms with Gasteiger partial charge in [-0.2, -0.15) is 0 Å². The van der Waals surface area contributed by atoms with Gasteiger partial charge in [-0.25, -0.2) is 9.37 Å². The number of halogens is 1. The Bertz CT molecular complexity index is 1170. The van der Waals surface area contributed by atoms with E-state index in [-0.39, 0.29) is 35.4 Å². The number of benzene rings is 2. The topological polar surface area (TPSA) is 115 Å². The van der Waals surface area contributed by atoms with Crippen LogP contribution >= 0.6 is 11.3 Å². The SMILES string of the molecule is O=C(CN1C(=O)COc2ccc([N+](=O)[O-])cc21)Nc1nc(-c2cccc(F)c2)cs1. The van der Waals surface area contributed by atoms with Crippen LogP contribution in [-0.2, 0) is 9.59 Å². The number of hydrogen-bond acceptors (Lipinski definition) is 7. The molecule has 9 nitrogen and oxygen atoms in total. The number of nitro benzene ring substituents is 1. The highest BCUT2D eigenvalue weighted by Crippen LogP contribution is 2.35. The zero-order chi connectivity index (χ0) is 21.3. The summed E-state index contributed by atoms with van der Waals surface area (Å²) in [6.07, 6.45) is 0. The Morgan fingerprint density at radius 1 is 1.33 bits per heavy atom. The third-order valence-electron chi connectivity index (χ3n) is 4.27. The number of anilines is 2. The predicted octanol–water partition coefficient (Wildman–Crippen LogP) is 3.22. The van der Waals surface area contributed by atoms with Crippen LogP contribution in [0.2, 0.25) is 0 Å². The predicted molar refractivity (Wildman–Crippen MR) is 107 cm³/mol. The average Bonchev–Trinajstić information content (AvgIpc) is 3.18. The zero-order valence-electron chi connectivity index (χ0n) is 15.2. The lowest BCUT2D eigenvalue weighted by Crippen LogP contribution is -2.43. The minimum absolute atomic E-state index is 0.148. The molecular formula is C19H13FN4O5S. The molecule has 0 aliphatic carbocycles. The van der Waals surface area contributed by atoms with Crippen molar-refractivity contribution in [3.63, 3.8) is 0 Å². The van der Waals surface area contributed by atoms with Gasteiger partial charge in [0.1, 0.15) is 18.1 Å². The van der Waals surface area contributed by atoms with Gasteiger partial charge in [-0.1, -0.05) is 12.1 Å². The van der Waals surface area contributed by atoms with Gasteiger partial charge in [0.2, 0.25) is 5.91 Å². The quantitative estimate of drug-likeness (QED) is 0.493. The van der Waals surface area contributed by atoms with E-state index < -0.39 is 22.6 Å². The van der Waals surface area contributed by atoms with Gasteiger partial charge in [-0.15, -0.1) is 11.3 Å². The van der Waals surface area contributed by atoms with Crippen LogP contribution in [0.3, 0.4) is 0 Å². The second-order valence-electron chi connectivity index (χ2n) is 6.27. The fourth-order valence-corrected chi connectivity index (χ4v) is 3.63. The molecule has 0 radical (unpaired) electrons. The molecular weight excluding hydrogens is 415 g/mol. The summed E-state index contributed by atoms with van der Waals surface area (Å²) < 4.78 is 18.7. The number of nitro groups is 1.